The topological polar surface area (TPSA) is 69.6 Å². The molecule has 0 spiro atoms. The summed E-state index contributed by atoms with van der Waals surface area (Å²) in [5.74, 6) is -1.93. The lowest BCUT2D eigenvalue weighted by Gasteiger charge is -2.29. The van der Waals surface area contributed by atoms with Crippen LogP contribution in [-0.4, -0.2) is 28.5 Å². The second-order valence-electron chi connectivity index (χ2n) is 8.48. The zero-order chi connectivity index (χ0) is 21.4. The fourth-order valence-electron chi connectivity index (χ4n) is 3.66. The molecule has 1 aromatic carbocycles. The molecule has 1 unspecified atom stereocenters. The van der Waals surface area contributed by atoms with Gasteiger partial charge in [-0.25, -0.2) is 0 Å². The maximum Gasteiger partial charge on any atom is 0.251 e. The average molecular weight is 406 g/mol. The SMILES string of the molecule is CCCCCCCCCCCCC(C)C(O)(O)CCCNC(=O)c1ccccc1. The van der Waals surface area contributed by atoms with E-state index in [1.54, 1.807) is 12.1 Å². The zero-order valence-electron chi connectivity index (χ0n) is 18.7. The third-order valence-corrected chi connectivity index (χ3v) is 5.82. The van der Waals surface area contributed by atoms with Gasteiger partial charge >= 0.3 is 0 Å². The van der Waals surface area contributed by atoms with Crippen LogP contribution < -0.4 is 5.32 Å². The molecule has 0 aliphatic rings. The first-order valence-electron chi connectivity index (χ1n) is 11.8. The molecule has 0 saturated carbocycles. The van der Waals surface area contributed by atoms with Gasteiger partial charge in [0.25, 0.3) is 5.91 Å². The van der Waals surface area contributed by atoms with Crippen LogP contribution in [0.15, 0.2) is 30.3 Å². The van der Waals surface area contributed by atoms with Gasteiger partial charge in [-0.1, -0.05) is 96.3 Å². The largest absolute Gasteiger partial charge is 0.365 e. The Kier molecular flexibility index (Phi) is 13.7. The van der Waals surface area contributed by atoms with E-state index in [0.717, 1.165) is 12.8 Å². The normalized spacial score (nSPS) is 12.7. The van der Waals surface area contributed by atoms with Crippen molar-refractivity contribution < 1.29 is 15.0 Å². The standard InChI is InChI=1S/C25H43NO3/c1-3-4-5-6-7-8-9-10-11-13-17-22(2)25(28,29)20-16-21-26-24(27)23-18-14-12-15-19-23/h12,14-15,18-19,22,28-29H,3-11,13,16-17,20-21H2,1-2H3,(H,26,27). The smallest absolute Gasteiger partial charge is 0.251 e. The summed E-state index contributed by atoms with van der Waals surface area (Å²) in [4.78, 5) is 12.0. The molecule has 1 rings (SSSR count). The molecule has 1 amide bonds. The van der Waals surface area contributed by atoms with Gasteiger partial charge < -0.3 is 15.5 Å². The predicted octanol–water partition coefficient (Wildman–Crippen LogP) is 5.82. The van der Waals surface area contributed by atoms with E-state index in [1.165, 1.54) is 57.8 Å². The van der Waals surface area contributed by atoms with Crippen molar-refractivity contribution in [1.29, 1.82) is 0 Å². The van der Waals surface area contributed by atoms with Crippen LogP contribution in [0.5, 0.6) is 0 Å². The molecular formula is C25H43NO3. The first-order valence-corrected chi connectivity index (χ1v) is 11.8. The third kappa shape index (κ3) is 12.0. The minimum absolute atomic E-state index is 0.120. The molecular weight excluding hydrogens is 362 g/mol. The lowest BCUT2D eigenvalue weighted by atomic mass is 9.90. The van der Waals surface area contributed by atoms with Gasteiger partial charge in [0.2, 0.25) is 0 Å². The van der Waals surface area contributed by atoms with Crippen molar-refractivity contribution in [3.63, 3.8) is 0 Å². The van der Waals surface area contributed by atoms with E-state index in [0.29, 0.717) is 18.5 Å². The Morgan fingerprint density at radius 2 is 1.45 bits per heavy atom. The molecule has 4 nitrogen and oxygen atoms in total. The molecule has 3 N–H and O–H groups in total. The second kappa shape index (κ2) is 15.4. The number of benzene rings is 1. The van der Waals surface area contributed by atoms with Crippen molar-refractivity contribution >= 4 is 5.91 Å². The molecule has 166 valence electrons. The Labute approximate surface area is 178 Å². The first-order chi connectivity index (χ1) is 14.0. The molecule has 0 heterocycles. The highest BCUT2D eigenvalue weighted by Gasteiger charge is 2.29. The van der Waals surface area contributed by atoms with Crippen LogP contribution in [0.25, 0.3) is 0 Å². The van der Waals surface area contributed by atoms with Gasteiger partial charge in [0.15, 0.2) is 5.79 Å². The van der Waals surface area contributed by atoms with E-state index < -0.39 is 5.79 Å². The number of rotatable bonds is 17. The quantitative estimate of drug-likeness (QED) is 0.226. The van der Waals surface area contributed by atoms with Crippen LogP contribution in [0.1, 0.15) is 108 Å². The fourth-order valence-corrected chi connectivity index (χ4v) is 3.66. The minimum atomic E-state index is -1.66. The van der Waals surface area contributed by atoms with Crippen LogP contribution in [-0.2, 0) is 0 Å². The third-order valence-electron chi connectivity index (χ3n) is 5.82. The molecule has 0 bridgehead atoms. The van der Waals surface area contributed by atoms with Gasteiger partial charge in [-0.3, -0.25) is 4.79 Å². The van der Waals surface area contributed by atoms with Gasteiger partial charge in [0.1, 0.15) is 0 Å². The van der Waals surface area contributed by atoms with Crippen molar-refractivity contribution in [3.05, 3.63) is 35.9 Å². The highest BCUT2D eigenvalue weighted by Crippen LogP contribution is 2.25. The Morgan fingerprint density at radius 3 is 2.03 bits per heavy atom. The minimum Gasteiger partial charge on any atom is -0.365 e. The van der Waals surface area contributed by atoms with Gasteiger partial charge in [-0.15, -0.1) is 0 Å². The summed E-state index contributed by atoms with van der Waals surface area (Å²) in [6, 6.07) is 9.07. The van der Waals surface area contributed by atoms with Crippen molar-refractivity contribution in [2.45, 2.75) is 103 Å². The fraction of sp³-hybridized carbons (Fsp3) is 0.720. The summed E-state index contributed by atoms with van der Waals surface area (Å²) in [5, 5.41) is 23.5. The van der Waals surface area contributed by atoms with Crippen molar-refractivity contribution in [3.8, 4) is 0 Å². The van der Waals surface area contributed by atoms with Crippen molar-refractivity contribution in [2.24, 2.45) is 5.92 Å². The van der Waals surface area contributed by atoms with Gasteiger partial charge in [0, 0.05) is 24.4 Å². The van der Waals surface area contributed by atoms with E-state index in [4.69, 9.17) is 0 Å². The highest BCUT2D eigenvalue weighted by atomic mass is 16.5. The molecule has 1 aromatic rings. The van der Waals surface area contributed by atoms with E-state index in [-0.39, 0.29) is 18.2 Å². The van der Waals surface area contributed by atoms with E-state index in [9.17, 15) is 15.0 Å². The van der Waals surface area contributed by atoms with Crippen LogP contribution in [0.4, 0.5) is 0 Å². The molecule has 0 saturated heterocycles. The predicted molar refractivity (Wildman–Crippen MR) is 121 cm³/mol. The Bertz CT molecular complexity index is 530. The van der Waals surface area contributed by atoms with Crippen molar-refractivity contribution in [1.82, 2.24) is 5.32 Å². The first kappa shape index (κ1) is 25.6. The molecule has 0 aliphatic heterocycles. The number of hydrogen-bond acceptors (Lipinski definition) is 3. The highest BCUT2D eigenvalue weighted by molar-refractivity contribution is 5.94. The van der Waals surface area contributed by atoms with E-state index >= 15 is 0 Å². The summed E-state index contributed by atoms with van der Waals surface area (Å²) in [6.07, 6.45) is 14.5. The van der Waals surface area contributed by atoms with Crippen LogP contribution in [0.2, 0.25) is 0 Å². The molecule has 0 radical (unpaired) electrons. The van der Waals surface area contributed by atoms with Crippen LogP contribution >= 0.6 is 0 Å². The molecule has 29 heavy (non-hydrogen) atoms. The summed E-state index contributed by atoms with van der Waals surface area (Å²) in [6.45, 7) is 4.61. The molecule has 0 aliphatic carbocycles. The maximum absolute atomic E-state index is 12.0. The Hall–Kier alpha value is -1.39. The number of amides is 1. The second-order valence-corrected chi connectivity index (χ2v) is 8.48. The average Bonchev–Trinajstić information content (AvgIpc) is 2.72. The maximum atomic E-state index is 12.0. The molecule has 0 fully saturated rings. The number of unbranched alkanes of at least 4 members (excludes halogenated alkanes) is 9. The summed E-state index contributed by atoms with van der Waals surface area (Å²) in [5.41, 5.74) is 0.626. The number of hydrogen-bond donors (Lipinski definition) is 3. The van der Waals surface area contributed by atoms with Crippen molar-refractivity contribution in [2.75, 3.05) is 6.54 Å². The van der Waals surface area contributed by atoms with Gasteiger partial charge in [-0.2, -0.15) is 0 Å². The van der Waals surface area contributed by atoms with E-state index in [1.807, 2.05) is 25.1 Å². The summed E-state index contributed by atoms with van der Waals surface area (Å²) >= 11 is 0. The van der Waals surface area contributed by atoms with Crippen LogP contribution in [0, 0.1) is 5.92 Å². The Balaban J connectivity index is 2.06. The van der Waals surface area contributed by atoms with Crippen LogP contribution in [0.3, 0.4) is 0 Å². The molecule has 0 aromatic heterocycles. The zero-order valence-corrected chi connectivity index (χ0v) is 18.7. The number of nitrogens with one attached hydrogen (secondary N) is 1. The van der Waals surface area contributed by atoms with E-state index in [2.05, 4.69) is 12.2 Å². The molecule has 1 atom stereocenters. The lowest BCUT2D eigenvalue weighted by Crippen LogP contribution is -2.37. The van der Waals surface area contributed by atoms with Gasteiger partial charge in [-0.05, 0) is 25.0 Å². The number of aliphatic hydroxyl groups is 2. The summed E-state index contributed by atoms with van der Waals surface area (Å²) in [7, 11) is 0. The van der Waals surface area contributed by atoms with Gasteiger partial charge in [0.05, 0.1) is 0 Å². The molecule has 4 heteroatoms. The lowest BCUT2D eigenvalue weighted by molar-refractivity contribution is -0.202. The number of carbonyl (C=O) groups excluding carboxylic acids is 1. The summed E-state index contributed by atoms with van der Waals surface area (Å²) < 4.78 is 0. The number of carbonyl (C=O) groups is 1. The monoisotopic (exact) mass is 405 g/mol. The Morgan fingerprint density at radius 1 is 0.897 bits per heavy atom.